The van der Waals surface area contributed by atoms with Gasteiger partial charge in [-0.1, -0.05) is 51.1 Å². The minimum Gasteiger partial charge on any atom is -0.354 e. The second-order valence-electron chi connectivity index (χ2n) is 7.22. The van der Waals surface area contributed by atoms with E-state index in [-0.39, 0.29) is 11.9 Å². The molecular weight excluding hydrogens is 310 g/mol. The summed E-state index contributed by atoms with van der Waals surface area (Å²) < 4.78 is 0. The lowest BCUT2D eigenvalue weighted by Gasteiger charge is -2.31. The standard InChI is InChI=1S/C21H35N3O/c1-4-24(5-2)20(19-9-7-6-8-10-19)16-23-21(25)15-17(3)18-11-13-22-14-12-18/h6-10,17-18,20,22H,4-5,11-16H2,1-3H3,(H,23,25). The van der Waals surface area contributed by atoms with Gasteiger partial charge in [0.2, 0.25) is 5.91 Å². The van der Waals surface area contributed by atoms with Crippen LogP contribution in [0.1, 0.15) is 51.6 Å². The summed E-state index contributed by atoms with van der Waals surface area (Å²) in [6.07, 6.45) is 3.03. The van der Waals surface area contributed by atoms with E-state index in [0.29, 0.717) is 24.8 Å². The fraction of sp³-hybridized carbons (Fsp3) is 0.667. The lowest BCUT2D eigenvalue weighted by Crippen LogP contribution is -2.39. The second kappa shape index (κ2) is 10.6. The van der Waals surface area contributed by atoms with Crippen molar-refractivity contribution in [1.29, 1.82) is 0 Å². The monoisotopic (exact) mass is 345 g/mol. The Morgan fingerprint density at radius 2 is 1.84 bits per heavy atom. The van der Waals surface area contributed by atoms with E-state index in [1.807, 2.05) is 6.07 Å². The molecule has 2 atom stereocenters. The molecule has 1 amide bonds. The Kier molecular flexibility index (Phi) is 8.42. The van der Waals surface area contributed by atoms with Gasteiger partial charge in [0.1, 0.15) is 0 Å². The van der Waals surface area contributed by atoms with Crippen LogP contribution in [0.15, 0.2) is 30.3 Å². The molecule has 0 saturated carbocycles. The zero-order valence-corrected chi connectivity index (χ0v) is 16.1. The van der Waals surface area contributed by atoms with E-state index in [4.69, 9.17) is 0 Å². The quantitative estimate of drug-likeness (QED) is 0.722. The summed E-state index contributed by atoms with van der Waals surface area (Å²) in [5.74, 6) is 1.34. The SMILES string of the molecule is CCN(CC)C(CNC(=O)CC(C)C1CCNCC1)c1ccccc1. The number of nitrogens with one attached hydrogen (secondary N) is 2. The predicted molar refractivity (Wildman–Crippen MR) is 104 cm³/mol. The normalized spacial score (nSPS) is 18.1. The number of likely N-dealkylation sites (N-methyl/N-ethyl adjacent to an activating group) is 1. The highest BCUT2D eigenvalue weighted by Crippen LogP contribution is 2.24. The summed E-state index contributed by atoms with van der Waals surface area (Å²) in [5, 5.41) is 6.60. The highest BCUT2D eigenvalue weighted by Gasteiger charge is 2.23. The van der Waals surface area contributed by atoms with E-state index in [1.165, 1.54) is 18.4 Å². The van der Waals surface area contributed by atoms with Crippen LogP contribution in [0.5, 0.6) is 0 Å². The van der Waals surface area contributed by atoms with E-state index in [0.717, 1.165) is 26.2 Å². The smallest absolute Gasteiger partial charge is 0.220 e. The van der Waals surface area contributed by atoms with E-state index < -0.39 is 0 Å². The summed E-state index contributed by atoms with van der Waals surface area (Å²) in [4.78, 5) is 14.9. The van der Waals surface area contributed by atoms with E-state index in [9.17, 15) is 4.79 Å². The average Bonchev–Trinajstić information content (AvgIpc) is 2.66. The number of rotatable bonds is 9. The Balaban J connectivity index is 1.89. The number of hydrogen-bond acceptors (Lipinski definition) is 3. The summed E-state index contributed by atoms with van der Waals surface area (Å²) in [5.41, 5.74) is 1.28. The molecule has 0 spiro atoms. The summed E-state index contributed by atoms with van der Waals surface area (Å²) in [6.45, 7) is 11.4. The van der Waals surface area contributed by atoms with Crippen molar-refractivity contribution in [3.63, 3.8) is 0 Å². The summed E-state index contributed by atoms with van der Waals surface area (Å²) in [7, 11) is 0. The van der Waals surface area contributed by atoms with Crippen LogP contribution in [0.3, 0.4) is 0 Å². The predicted octanol–water partition coefficient (Wildman–Crippen LogP) is 3.21. The third kappa shape index (κ3) is 6.12. The molecule has 2 unspecified atom stereocenters. The van der Waals surface area contributed by atoms with Crippen LogP contribution in [0.25, 0.3) is 0 Å². The van der Waals surface area contributed by atoms with Gasteiger partial charge < -0.3 is 10.6 Å². The molecule has 1 aliphatic rings. The van der Waals surface area contributed by atoms with Crippen LogP contribution in [0.2, 0.25) is 0 Å². The molecule has 2 rings (SSSR count). The van der Waals surface area contributed by atoms with Gasteiger partial charge in [-0.15, -0.1) is 0 Å². The Bertz CT molecular complexity index is 495. The molecule has 25 heavy (non-hydrogen) atoms. The number of carbonyl (C=O) groups excluding carboxylic acids is 1. The molecule has 140 valence electrons. The maximum atomic E-state index is 12.5. The molecule has 1 fully saturated rings. The zero-order valence-electron chi connectivity index (χ0n) is 16.1. The van der Waals surface area contributed by atoms with Crippen molar-refractivity contribution in [3.8, 4) is 0 Å². The van der Waals surface area contributed by atoms with Gasteiger partial charge >= 0.3 is 0 Å². The number of amides is 1. The highest BCUT2D eigenvalue weighted by atomic mass is 16.1. The lowest BCUT2D eigenvalue weighted by atomic mass is 9.84. The summed E-state index contributed by atoms with van der Waals surface area (Å²) >= 11 is 0. The van der Waals surface area contributed by atoms with Crippen molar-refractivity contribution < 1.29 is 4.79 Å². The first-order valence-electron chi connectivity index (χ1n) is 9.92. The molecule has 1 heterocycles. The van der Waals surface area contributed by atoms with E-state index in [1.54, 1.807) is 0 Å². The van der Waals surface area contributed by atoms with Crippen molar-refractivity contribution in [2.45, 2.75) is 46.1 Å². The third-order valence-electron chi connectivity index (χ3n) is 5.63. The molecule has 0 radical (unpaired) electrons. The van der Waals surface area contributed by atoms with Crippen molar-refractivity contribution in [3.05, 3.63) is 35.9 Å². The van der Waals surface area contributed by atoms with Crippen LogP contribution >= 0.6 is 0 Å². The second-order valence-corrected chi connectivity index (χ2v) is 7.22. The zero-order chi connectivity index (χ0) is 18.1. The molecule has 1 saturated heterocycles. The Morgan fingerprint density at radius 1 is 1.20 bits per heavy atom. The molecule has 0 aliphatic carbocycles. The Morgan fingerprint density at radius 3 is 2.44 bits per heavy atom. The minimum atomic E-state index is 0.194. The topological polar surface area (TPSA) is 44.4 Å². The van der Waals surface area contributed by atoms with Gasteiger partial charge in [-0.2, -0.15) is 0 Å². The van der Waals surface area contributed by atoms with Gasteiger partial charge in [0.15, 0.2) is 0 Å². The fourth-order valence-corrected chi connectivity index (χ4v) is 3.95. The van der Waals surface area contributed by atoms with Crippen molar-refractivity contribution in [2.24, 2.45) is 11.8 Å². The van der Waals surface area contributed by atoms with Crippen molar-refractivity contribution >= 4 is 5.91 Å². The van der Waals surface area contributed by atoms with Crippen molar-refractivity contribution in [2.75, 3.05) is 32.7 Å². The number of carbonyl (C=O) groups is 1. The van der Waals surface area contributed by atoms with Crippen LogP contribution in [-0.4, -0.2) is 43.5 Å². The molecule has 1 aromatic carbocycles. The number of hydrogen-bond donors (Lipinski definition) is 2. The molecule has 0 aromatic heterocycles. The van der Waals surface area contributed by atoms with Crippen LogP contribution in [-0.2, 0) is 4.79 Å². The molecule has 4 nitrogen and oxygen atoms in total. The largest absolute Gasteiger partial charge is 0.354 e. The van der Waals surface area contributed by atoms with Crippen LogP contribution in [0, 0.1) is 11.8 Å². The van der Waals surface area contributed by atoms with E-state index >= 15 is 0 Å². The Labute approximate surface area is 153 Å². The first kappa shape index (κ1) is 19.9. The Hall–Kier alpha value is -1.39. The van der Waals surface area contributed by atoms with Gasteiger partial charge in [-0.25, -0.2) is 0 Å². The maximum Gasteiger partial charge on any atom is 0.220 e. The molecule has 1 aromatic rings. The molecule has 4 heteroatoms. The number of piperidine rings is 1. The first-order chi connectivity index (χ1) is 12.2. The minimum absolute atomic E-state index is 0.194. The van der Waals surface area contributed by atoms with Crippen LogP contribution < -0.4 is 10.6 Å². The highest BCUT2D eigenvalue weighted by molar-refractivity contribution is 5.76. The molecular formula is C21H35N3O. The maximum absolute atomic E-state index is 12.5. The molecule has 0 bridgehead atoms. The number of nitrogens with zero attached hydrogens (tertiary/aromatic N) is 1. The van der Waals surface area contributed by atoms with Gasteiger partial charge in [0, 0.05) is 13.0 Å². The van der Waals surface area contributed by atoms with Crippen molar-refractivity contribution in [1.82, 2.24) is 15.5 Å². The fourth-order valence-electron chi connectivity index (χ4n) is 3.95. The van der Waals surface area contributed by atoms with Gasteiger partial charge in [-0.3, -0.25) is 9.69 Å². The summed E-state index contributed by atoms with van der Waals surface area (Å²) in [6, 6.07) is 10.8. The van der Waals surface area contributed by atoms with Gasteiger partial charge in [0.05, 0.1) is 6.04 Å². The van der Waals surface area contributed by atoms with E-state index in [2.05, 4.69) is 60.6 Å². The first-order valence-corrected chi connectivity index (χ1v) is 9.92. The lowest BCUT2D eigenvalue weighted by molar-refractivity contribution is -0.122. The van der Waals surface area contributed by atoms with Gasteiger partial charge in [-0.05, 0) is 56.4 Å². The third-order valence-corrected chi connectivity index (χ3v) is 5.63. The molecule has 2 N–H and O–H groups in total. The van der Waals surface area contributed by atoms with Crippen LogP contribution in [0.4, 0.5) is 0 Å². The number of benzene rings is 1. The average molecular weight is 346 g/mol. The van der Waals surface area contributed by atoms with Gasteiger partial charge in [0.25, 0.3) is 0 Å². The molecule has 1 aliphatic heterocycles.